The van der Waals surface area contributed by atoms with Crippen LogP contribution in [0.2, 0.25) is 0 Å². The van der Waals surface area contributed by atoms with Crippen molar-refractivity contribution < 1.29 is 0 Å². The first kappa shape index (κ1) is 9.53. The number of anilines is 1. The molecule has 6 nitrogen and oxygen atoms in total. The van der Waals surface area contributed by atoms with Crippen LogP contribution in [0.3, 0.4) is 0 Å². The van der Waals surface area contributed by atoms with Gasteiger partial charge in [-0.2, -0.15) is 0 Å². The van der Waals surface area contributed by atoms with Crippen molar-refractivity contribution in [2.75, 3.05) is 25.0 Å². The average molecular weight is 218 g/mol. The molecule has 16 heavy (non-hydrogen) atoms. The van der Waals surface area contributed by atoms with Gasteiger partial charge in [0.1, 0.15) is 5.82 Å². The van der Waals surface area contributed by atoms with Crippen molar-refractivity contribution in [3.63, 3.8) is 0 Å². The molecule has 0 aromatic carbocycles. The normalized spacial score (nSPS) is 16.8. The number of nitrogens with one attached hydrogen (secondary N) is 1. The number of aromatic nitrogens is 4. The molecule has 1 aliphatic heterocycles. The summed E-state index contributed by atoms with van der Waals surface area (Å²) in [5, 5.41) is 11.5. The molecule has 6 heteroatoms. The molecule has 0 atom stereocenters. The van der Waals surface area contributed by atoms with Gasteiger partial charge in [-0.25, -0.2) is 4.98 Å². The summed E-state index contributed by atoms with van der Waals surface area (Å²) in [6.45, 7) is 3.90. The summed E-state index contributed by atoms with van der Waals surface area (Å²) in [7, 11) is 1.98. The molecule has 3 heterocycles. The Hall–Kier alpha value is -1.69. The zero-order valence-corrected chi connectivity index (χ0v) is 9.38. The third-order valence-electron chi connectivity index (χ3n) is 3.07. The fourth-order valence-electron chi connectivity index (χ4n) is 1.99. The summed E-state index contributed by atoms with van der Waals surface area (Å²) < 4.78 is 1.97. The highest BCUT2D eigenvalue weighted by molar-refractivity contribution is 5.65. The number of fused-ring (bicyclic) bond motifs is 1. The minimum Gasteiger partial charge on any atom is -0.350 e. The van der Waals surface area contributed by atoms with E-state index in [0.717, 1.165) is 30.4 Å². The minimum absolute atomic E-state index is 0.561. The van der Waals surface area contributed by atoms with E-state index < -0.39 is 0 Å². The third-order valence-corrected chi connectivity index (χ3v) is 3.07. The molecule has 84 valence electrons. The van der Waals surface area contributed by atoms with Crippen LogP contribution in [0.4, 0.5) is 5.82 Å². The van der Waals surface area contributed by atoms with E-state index in [4.69, 9.17) is 0 Å². The summed E-state index contributed by atoms with van der Waals surface area (Å²) in [5.41, 5.74) is 0.842. The van der Waals surface area contributed by atoms with E-state index in [1.807, 2.05) is 24.6 Å². The molecule has 1 fully saturated rings. The van der Waals surface area contributed by atoms with E-state index in [0.29, 0.717) is 6.04 Å². The van der Waals surface area contributed by atoms with Gasteiger partial charge >= 0.3 is 0 Å². The van der Waals surface area contributed by atoms with Crippen LogP contribution in [0.5, 0.6) is 0 Å². The van der Waals surface area contributed by atoms with Crippen molar-refractivity contribution in [3.8, 4) is 0 Å². The van der Waals surface area contributed by atoms with Gasteiger partial charge in [0.05, 0.1) is 0 Å². The van der Waals surface area contributed by atoms with Crippen molar-refractivity contribution in [3.05, 3.63) is 18.2 Å². The molecule has 2 aromatic rings. The zero-order chi connectivity index (χ0) is 11.1. The van der Waals surface area contributed by atoms with Crippen LogP contribution >= 0.6 is 0 Å². The predicted octanol–water partition coefficient (Wildman–Crippen LogP) is -0.159. The minimum atomic E-state index is 0.561. The van der Waals surface area contributed by atoms with Crippen LogP contribution in [0, 0.1) is 6.92 Å². The Bertz CT molecular complexity index is 513. The van der Waals surface area contributed by atoms with Crippen molar-refractivity contribution in [2.24, 2.45) is 0 Å². The summed E-state index contributed by atoms with van der Waals surface area (Å²) in [6.07, 6.45) is 3.69. The highest BCUT2D eigenvalue weighted by Gasteiger charge is 2.28. The average Bonchev–Trinajstić information content (AvgIpc) is 2.60. The molecule has 0 amide bonds. The predicted molar refractivity (Wildman–Crippen MR) is 60.6 cm³/mol. The topological polar surface area (TPSA) is 58.4 Å². The van der Waals surface area contributed by atoms with Crippen molar-refractivity contribution in [1.82, 2.24) is 24.9 Å². The quantitative estimate of drug-likeness (QED) is 0.759. The molecule has 0 bridgehead atoms. The van der Waals surface area contributed by atoms with Crippen LogP contribution in [-0.2, 0) is 0 Å². The first-order chi connectivity index (χ1) is 7.79. The van der Waals surface area contributed by atoms with Crippen molar-refractivity contribution >= 4 is 11.5 Å². The number of aryl methyl sites for hydroxylation is 1. The van der Waals surface area contributed by atoms with Gasteiger partial charge in [0, 0.05) is 31.5 Å². The lowest BCUT2D eigenvalue weighted by atomic mass is 10.1. The highest BCUT2D eigenvalue weighted by Crippen LogP contribution is 2.22. The van der Waals surface area contributed by atoms with Gasteiger partial charge in [-0.15, -0.1) is 10.2 Å². The van der Waals surface area contributed by atoms with E-state index in [1.54, 1.807) is 6.20 Å². The van der Waals surface area contributed by atoms with Crippen LogP contribution < -0.4 is 10.2 Å². The Balaban J connectivity index is 1.98. The lowest BCUT2D eigenvalue weighted by Gasteiger charge is -2.39. The van der Waals surface area contributed by atoms with Crippen LogP contribution in [0.25, 0.3) is 5.65 Å². The Kier molecular flexibility index (Phi) is 2.03. The van der Waals surface area contributed by atoms with Crippen molar-refractivity contribution in [1.29, 1.82) is 0 Å². The molecule has 0 radical (unpaired) electrons. The van der Waals surface area contributed by atoms with Crippen molar-refractivity contribution in [2.45, 2.75) is 13.0 Å². The van der Waals surface area contributed by atoms with Crippen LogP contribution in [-0.4, -0.2) is 45.8 Å². The first-order valence-electron chi connectivity index (χ1n) is 5.38. The Labute approximate surface area is 93.3 Å². The molecule has 1 saturated heterocycles. The van der Waals surface area contributed by atoms with Gasteiger partial charge in [0.2, 0.25) is 5.65 Å². The van der Waals surface area contributed by atoms with E-state index in [1.165, 1.54) is 0 Å². The molecule has 0 aliphatic carbocycles. The fourth-order valence-corrected chi connectivity index (χ4v) is 1.99. The molecule has 1 aliphatic rings. The van der Waals surface area contributed by atoms with E-state index in [9.17, 15) is 0 Å². The lowest BCUT2D eigenvalue weighted by molar-refractivity contribution is 0.447. The molecule has 2 aromatic heterocycles. The number of rotatable bonds is 2. The van der Waals surface area contributed by atoms with Gasteiger partial charge in [-0.05, 0) is 14.0 Å². The maximum absolute atomic E-state index is 4.39. The maximum atomic E-state index is 4.39. The van der Waals surface area contributed by atoms with Gasteiger partial charge in [0.15, 0.2) is 5.82 Å². The van der Waals surface area contributed by atoms with Crippen LogP contribution in [0.1, 0.15) is 5.82 Å². The SMILES string of the molecule is CNC1CN(c2nccn3c(C)nnc23)C1. The number of hydrogen-bond acceptors (Lipinski definition) is 5. The molecule has 0 unspecified atom stereocenters. The van der Waals surface area contributed by atoms with Crippen LogP contribution in [0.15, 0.2) is 12.4 Å². The summed E-state index contributed by atoms with van der Waals surface area (Å²) in [4.78, 5) is 6.60. The maximum Gasteiger partial charge on any atom is 0.203 e. The second-order valence-electron chi connectivity index (χ2n) is 4.08. The van der Waals surface area contributed by atoms with Gasteiger partial charge in [-0.1, -0.05) is 0 Å². The summed E-state index contributed by atoms with van der Waals surface area (Å²) >= 11 is 0. The number of hydrogen-bond donors (Lipinski definition) is 1. The van der Waals surface area contributed by atoms with E-state index >= 15 is 0 Å². The molecule has 3 rings (SSSR count). The molecular weight excluding hydrogens is 204 g/mol. The second kappa shape index (κ2) is 3.41. The Morgan fingerprint density at radius 1 is 1.38 bits per heavy atom. The van der Waals surface area contributed by atoms with E-state index in [-0.39, 0.29) is 0 Å². The Morgan fingerprint density at radius 2 is 2.19 bits per heavy atom. The summed E-state index contributed by atoms with van der Waals surface area (Å²) in [6, 6.07) is 0.561. The van der Waals surface area contributed by atoms with Gasteiger partial charge in [0.25, 0.3) is 0 Å². The summed E-state index contributed by atoms with van der Waals surface area (Å²) in [5.74, 6) is 1.82. The third kappa shape index (κ3) is 1.26. The molecule has 0 saturated carbocycles. The smallest absolute Gasteiger partial charge is 0.203 e. The monoisotopic (exact) mass is 218 g/mol. The largest absolute Gasteiger partial charge is 0.350 e. The second-order valence-corrected chi connectivity index (χ2v) is 4.08. The van der Waals surface area contributed by atoms with E-state index in [2.05, 4.69) is 25.4 Å². The standard InChI is InChI=1S/C10H14N6/c1-7-13-14-10-9(12-3-4-16(7)10)15-5-8(6-15)11-2/h3-4,8,11H,5-6H2,1-2H3. The van der Waals surface area contributed by atoms with Gasteiger partial charge < -0.3 is 10.2 Å². The Morgan fingerprint density at radius 3 is 2.94 bits per heavy atom. The number of likely N-dealkylation sites (N-methyl/N-ethyl adjacent to an activating group) is 1. The zero-order valence-electron chi connectivity index (χ0n) is 9.38. The number of nitrogens with zero attached hydrogens (tertiary/aromatic N) is 5. The molecule has 1 N–H and O–H groups in total. The molecule has 0 spiro atoms. The lowest BCUT2D eigenvalue weighted by Crippen LogP contribution is -2.57. The fraction of sp³-hybridized carbons (Fsp3) is 0.500. The molecular formula is C10H14N6. The van der Waals surface area contributed by atoms with Gasteiger partial charge in [-0.3, -0.25) is 4.40 Å². The first-order valence-corrected chi connectivity index (χ1v) is 5.38. The highest BCUT2D eigenvalue weighted by atomic mass is 15.3.